The van der Waals surface area contributed by atoms with Crippen LogP contribution < -0.4 is 5.32 Å². The van der Waals surface area contributed by atoms with Gasteiger partial charge < -0.3 is 19.7 Å². The van der Waals surface area contributed by atoms with Crippen LogP contribution in [0, 0.1) is 23.7 Å². The molecule has 0 spiro atoms. The molecule has 3 rings (SSSR count). The second-order valence-corrected chi connectivity index (χ2v) is 15.6. The molecular weight excluding hydrogens is 669 g/mol. The minimum Gasteiger partial charge on any atom is -0.469 e. The number of amides is 2. The average Bonchev–Trinajstić information content (AvgIpc) is 3.74. The van der Waals surface area contributed by atoms with Gasteiger partial charge in [0.1, 0.15) is 10.7 Å². The number of benzene rings is 1. The zero-order chi connectivity index (χ0) is 38.0. The molecule has 2 aromatic rings. The molecule has 0 bridgehead atoms. The molecule has 1 aliphatic rings. The van der Waals surface area contributed by atoms with Crippen molar-refractivity contribution >= 4 is 40.9 Å². The standard InChI is InChI=1S/C39H58N4O7S/c1-11-25(4)29(21-34(45)39(7)18-15-19-42(39)8)37(47)43(9)32(24(2)3)22-33(50-27(6)44)36-41-31(23-51-36)35(46)40-30(26(5)38(48)49-10)20-28-16-13-12-14-17-28/h12-14,16-17,23-26,29-30,32-33H,11,15,18-22H2,1-10H3,(H,40,46)/t25-,26+,29-,30-,32+,33+,39+/m0/s1. The third kappa shape index (κ3) is 10.7. The highest BCUT2D eigenvalue weighted by molar-refractivity contribution is 7.09. The summed E-state index contributed by atoms with van der Waals surface area (Å²) in [4.78, 5) is 74.7. The van der Waals surface area contributed by atoms with Crippen LogP contribution in [0.1, 0.15) is 108 Å². The molecule has 1 aromatic heterocycles. The van der Waals surface area contributed by atoms with E-state index in [1.165, 1.54) is 25.4 Å². The van der Waals surface area contributed by atoms with E-state index in [4.69, 9.17) is 9.47 Å². The summed E-state index contributed by atoms with van der Waals surface area (Å²) in [7, 11) is 5.05. The van der Waals surface area contributed by atoms with E-state index < -0.39 is 47.4 Å². The maximum absolute atomic E-state index is 14.3. The van der Waals surface area contributed by atoms with Gasteiger partial charge >= 0.3 is 11.9 Å². The van der Waals surface area contributed by atoms with Crippen LogP contribution in [-0.4, -0.2) is 89.7 Å². The lowest BCUT2D eigenvalue weighted by molar-refractivity contribution is -0.150. The van der Waals surface area contributed by atoms with Crippen LogP contribution in [0.2, 0.25) is 0 Å². The number of hydrogen-bond acceptors (Lipinski definition) is 10. The monoisotopic (exact) mass is 726 g/mol. The summed E-state index contributed by atoms with van der Waals surface area (Å²) in [6, 6.07) is 8.63. The van der Waals surface area contributed by atoms with Crippen molar-refractivity contribution in [3.05, 3.63) is 52.0 Å². The molecule has 0 radical (unpaired) electrons. The highest BCUT2D eigenvalue weighted by Gasteiger charge is 2.44. The van der Waals surface area contributed by atoms with Gasteiger partial charge in [0.25, 0.3) is 5.91 Å². The Hall–Kier alpha value is -3.64. The predicted molar refractivity (Wildman–Crippen MR) is 198 cm³/mol. The van der Waals surface area contributed by atoms with Crippen LogP contribution in [0.3, 0.4) is 0 Å². The van der Waals surface area contributed by atoms with Crippen molar-refractivity contribution in [2.24, 2.45) is 23.7 Å². The van der Waals surface area contributed by atoms with Gasteiger partial charge in [-0.05, 0) is 64.1 Å². The number of esters is 2. The van der Waals surface area contributed by atoms with Crippen LogP contribution in [-0.2, 0) is 35.1 Å². The molecule has 11 nitrogen and oxygen atoms in total. The van der Waals surface area contributed by atoms with Crippen molar-refractivity contribution in [3.8, 4) is 0 Å². The largest absolute Gasteiger partial charge is 0.469 e. The number of aromatic nitrogens is 1. The SMILES string of the molecule is CC[C@H](C)[C@H](CC(=O)[C@@]1(C)CCCN1C)C(=O)N(C)[C@H](C[C@@H](OC(C)=O)c1nc(C(=O)N[C@@H](Cc2ccccc2)[C@@H](C)C(=O)OC)cs1)C(C)C. The van der Waals surface area contributed by atoms with Crippen molar-refractivity contribution in [2.75, 3.05) is 27.7 Å². The second-order valence-electron chi connectivity index (χ2n) is 14.7. The summed E-state index contributed by atoms with van der Waals surface area (Å²) in [6.45, 7) is 13.9. The first-order valence-corrected chi connectivity index (χ1v) is 19.0. The van der Waals surface area contributed by atoms with Crippen LogP contribution in [0.25, 0.3) is 0 Å². The minimum absolute atomic E-state index is 0.0102. The van der Waals surface area contributed by atoms with Crippen LogP contribution >= 0.6 is 11.3 Å². The Balaban J connectivity index is 1.84. The number of carbonyl (C=O) groups excluding carboxylic acids is 5. The van der Waals surface area contributed by atoms with Crippen molar-refractivity contribution in [3.63, 3.8) is 0 Å². The fraction of sp³-hybridized carbons (Fsp3) is 0.641. The number of hydrogen-bond donors (Lipinski definition) is 1. The van der Waals surface area contributed by atoms with E-state index in [1.807, 2.05) is 72.0 Å². The van der Waals surface area contributed by atoms with E-state index in [0.29, 0.717) is 11.4 Å². The van der Waals surface area contributed by atoms with E-state index in [2.05, 4.69) is 15.2 Å². The molecule has 1 aromatic carbocycles. The molecule has 282 valence electrons. The van der Waals surface area contributed by atoms with Gasteiger partial charge in [0.15, 0.2) is 11.9 Å². The number of rotatable bonds is 18. The molecule has 2 amide bonds. The Bertz CT molecular complexity index is 1500. The lowest BCUT2D eigenvalue weighted by Crippen LogP contribution is -2.50. The van der Waals surface area contributed by atoms with Gasteiger partial charge in [0.2, 0.25) is 5.91 Å². The first-order chi connectivity index (χ1) is 24.0. The third-order valence-corrected chi connectivity index (χ3v) is 11.8. The van der Waals surface area contributed by atoms with Crippen molar-refractivity contribution in [2.45, 2.75) is 111 Å². The van der Waals surface area contributed by atoms with E-state index in [-0.39, 0.29) is 48.1 Å². The quantitative estimate of drug-likeness (QED) is 0.187. The number of ether oxygens (including phenoxy) is 2. The summed E-state index contributed by atoms with van der Waals surface area (Å²) in [5, 5.41) is 4.99. The van der Waals surface area contributed by atoms with Crippen LogP contribution in [0.15, 0.2) is 35.7 Å². The molecule has 2 heterocycles. The first-order valence-electron chi connectivity index (χ1n) is 18.1. The van der Waals surface area contributed by atoms with Crippen molar-refractivity contribution in [1.82, 2.24) is 20.1 Å². The van der Waals surface area contributed by atoms with Gasteiger partial charge in [0, 0.05) is 50.2 Å². The number of methoxy groups -OCH3 is 1. The number of carbonyl (C=O) groups is 5. The number of nitrogens with one attached hydrogen (secondary N) is 1. The van der Waals surface area contributed by atoms with Gasteiger partial charge in [-0.2, -0.15) is 0 Å². The number of nitrogens with zero attached hydrogens (tertiary/aromatic N) is 3. The molecule has 0 aliphatic carbocycles. The van der Waals surface area contributed by atoms with Crippen molar-refractivity contribution < 1.29 is 33.4 Å². The highest BCUT2D eigenvalue weighted by Crippen LogP contribution is 2.35. The van der Waals surface area contributed by atoms with Crippen molar-refractivity contribution in [1.29, 1.82) is 0 Å². The Labute approximate surface area is 307 Å². The lowest BCUT2D eigenvalue weighted by Gasteiger charge is -2.38. The lowest BCUT2D eigenvalue weighted by atomic mass is 9.80. The summed E-state index contributed by atoms with van der Waals surface area (Å²) < 4.78 is 10.8. The molecule has 1 saturated heterocycles. The van der Waals surface area contributed by atoms with E-state index in [9.17, 15) is 24.0 Å². The Kier molecular flexibility index (Phi) is 15.3. The molecule has 1 fully saturated rings. The molecule has 7 atom stereocenters. The van der Waals surface area contributed by atoms with E-state index in [0.717, 1.165) is 31.4 Å². The molecule has 1 aliphatic heterocycles. The molecule has 0 saturated carbocycles. The number of Topliss-reactive ketones (excluding diaryl/α,β-unsaturated/α-hetero) is 1. The summed E-state index contributed by atoms with van der Waals surface area (Å²) in [5.74, 6) is -2.58. The number of ketones is 1. The summed E-state index contributed by atoms with van der Waals surface area (Å²) in [5.41, 5.74) is 0.510. The molecule has 51 heavy (non-hydrogen) atoms. The number of likely N-dealkylation sites (tertiary alicyclic amines) is 1. The molecular formula is C39H58N4O7S. The third-order valence-electron chi connectivity index (χ3n) is 10.9. The van der Waals surface area contributed by atoms with Gasteiger partial charge in [-0.1, -0.05) is 64.4 Å². The van der Waals surface area contributed by atoms with Crippen LogP contribution in [0.4, 0.5) is 0 Å². The topological polar surface area (TPSA) is 135 Å². The van der Waals surface area contributed by atoms with Gasteiger partial charge in [-0.15, -0.1) is 11.3 Å². The molecule has 0 unspecified atom stereocenters. The fourth-order valence-electron chi connectivity index (χ4n) is 6.96. The Morgan fingerprint density at radius 2 is 1.76 bits per heavy atom. The van der Waals surface area contributed by atoms with Gasteiger partial charge in [-0.25, -0.2) is 4.98 Å². The van der Waals surface area contributed by atoms with Crippen LogP contribution in [0.5, 0.6) is 0 Å². The minimum atomic E-state index is -0.819. The average molecular weight is 727 g/mol. The fourth-order valence-corrected chi connectivity index (χ4v) is 7.80. The Morgan fingerprint density at radius 1 is 1.10 bits per heavy atom. The Morgan fingerprint density at radius 3 is 2.31 bits per heavy atom. The maximum Gasteiger partial charge on any atom is 0.310 e. The zero-order valence-electron chi connectivity index (χ0n) is 32.1. The predicted octanol–water partition coefficient (Wildman–Crippen LogP) is 5.88. The normalized spacial score (nSPS) is 19.7. The second kappa shape index (κ2) is 18.7. The first kappa shape index (κ1) is 41.8. The number of likely N-dealkylation sites (N-methyl/N-ethyl adjacent to an activating group) is 1. The van der Waals surface area contributed by atoms with E-state index >= 15 is 0 Å². The maximum atomic E-state index is 14.3. The highest BCUT2D eigenvalue weighted by atomic mass is 32.1. The van der Waals surface area contributed by atoms with E-state index in [1.54, 1.807) is 24.3 Å². The summed E-state index contributed by atoms with van der Waals surface area (Å²) in [6.07, 6.45) is 2.50. The zero-order valence-corrected chi connectivity index (χ0v) is 32.9. The molecule has 1 N–H and O–H groups in total. The summed E-state index contributed by atoms with van der Waals surface area (Å²) >= 11 is 1.20. The van der Waals surface area contributed by atoms with Gasteiger partial charge in [0.05, 0.1) is 18.6 Å². The number of thiazole rings is 1. The molecule has 12 heteroatoms. The smallest absolute Gasteiger partial charge is 0.310 e. The van der Waals surface area contributed by atoms with Gasteiger partial charge in [-0.3, -0.25) is 28.9 Å².